The van der Waals surface area contributed by atoms with Gasteiger partial charge in [-0.1, -0.05) is 25.1 Å². The smallest absolute Gasteiger partial charge is 0.255 e. The highest BCUT2D eigenvalue weighted by molar-refractivity contribution is 6.04. The van der Waals surface area contributed by atoms with E-state index in [2.05, 4.69) is 10.6 Å². The van der Waals surface area contributed by atoms with E-state index >= 15 is 0 Å². The second-order valence-corrected chi connectivity index (χ2v) is 6.09. The molecule has 2 aromatic rings. The minimum Gasteiger partial charge on any atom is -0.347 e. The molecule has 0 heterocycles. The normalized spacial score (nSPS) is 10.9. The minimum absolute atomic E-state index is 0.113. The van der Waals surface area contributed by atoms with Crippen LogP contribution in [0, 0.1) is 0 Å². The molecule has 2 amide bonds. The predicted octanol–water partition coefficient (Wildman–Crippen LogP) is 3.86. The molecule has 23 heavy (non-hydrogen) atoms. The summed E-state index contributed by atoms with van der Waals surface area (Å²) in [4.78, 5) is 24.2. The van der Waals surface area contributed by atoms with Gasteiger partial charge in [-0.25, -0.2) is 0 Å². The van der Waals surface area contributed by atoms with Gasteiger partial charge in [-0.05, 0) is 56.7 Å². The van der Waals surface area contributed by atoms with Crippen LogP contribution in [0.4, 0.5) is 5.69 Å². The Labute approximate surface area is 136 Å². The zero-order valence-electron chi connectivity index (χ0n) is 13.7. The van der Waals surface area contributed by atoms with E-state index in [0.29, 0.717) is 16.8 Å². The molecule has 0 aliphatic carbocycles. The van der Waals surface area contributed by atoms with Gasteiger partial charge in [0, 0.05) is 22.4 Å². The quantitative estimate of drug-likeness (QED) is 0.881. The largest absolute Gasteiger partial charge is 0.347 e. The number of anilines is 1. The topological polar surface area (TPSA) is 58.2 Å². The average molecular weight is 310 g/mol. The summed E-state index contributed by atoms with van der Waals surface area (Å²) in [7, 11) is 0. The van der Waals surface area contributed by atoms with Crippen LogP contribution in [0.5, 0.6) is 0 Å². The zero-order valence-corrected chi connectivity index (χ0v) is 13.7. The number of nitrogens with one attached hydrogen (secondary N) is 2. The fourth-order valence-corrected chi connectivity index (χ4v) is 1.97. The molecule has 0 spiro atoms. The summed E-state index contributed by atoms with van der Waals surface area (Å²) in [6.07, 6.45) is 0.851. The van der Waals surface area contributed by atoms with Crippen molar-refractivity contribution in [1.82, 2.24) is 5.32 Å². The van der Waals surface area contributed by atoms with E-state index in [0.717, 1.165) is 6.42 Å². The lowest BCUT2D eigenvalue weighted by molar-refractivity contribution is 0.0911. The van der Waals surface area contributed by atoms with E-state index in [-0.39, 0.29) is 17.4 Å². The molecule has 0 aromatic heterocycles. The summed E-state index contributed by atoms with van der Waals surface area (Å²) in [5.74, 6) is -0.285. The standard InChI is InChI=1S/C19H22N2O2/c1-4-19(2,3)21-18(23)15-10-12-16(13-11-15)20-17(22)14-8-6-5-7-9-14/h5-13H,4H2,1-3H3,(H,20,22)(H,21,23). The third-order valence-corrected chi connectivity index (χ3v) is 3.78. The monoisotopic (exact) mass is 310 g/mol. The summed E-state index contributed by atoms with van der Waals surface area (Å²) in [6, 6.07) is 15.9. The Kier molecular flexibility index (Phi) is 5.16. The van der Waals surface area contributed by atoms with Gasteiger partial charge in [0.25, 0.3) is 11.8 Å². The van der Waals surface area contributed by atoms with Crippen LogP contribution in [0.25, 0.3) is 0 Å². The van der Waals surface area contributed by atoms with Crippen molar-refractivity contribution in [2.24, 2.45) is 0 Å². The van der Waals surface area contributed by atoms with Crippen LogP contribution in [-0.2, 0) is 0 Å². The molecular formula is C19H22N2O2. The molecule has 4 nitrogen and oxygen atoms in total. The van der Waals surface area contributed by atoms with Crippen molar-refractivity contribution < 1.29 is 9.59 Å². The molecule has 2 aromatic carbocycles. The Hall–Kier alpha value is -2.62. The van der Waals surface area contributed by atoms with Crippen molar-refractivity contribution in [2.75, 3.05) is 5.32 Å². The predicted molar refractivity (Wildman–Crippen MR) is 92.7 cm³/mol. The maximum atomic E-state index is 12.2. The van der Waals surface area contributed by atoms with Crippen LogP contribution < -0.4 is 10.6 Å². The van der Waals surface area contributed by atoms with Gasteiger partial charge in [0.15, 0.2) is 0 Å². The highest BCUT2D eigenvalue weighted by atomic mass is 16.2. The Morgan fingerprint density at radius 1 is 0.870 bits per heavy atom. The Bertz CT molecular complexity index is 676. The molecule has 120 valence electrons. The number of rotatable bonds is 5. The molecule has 0 radical (unpaired) electrons. The van der Waals surface area contributed by atoms with Gasteiger partial charge in [-0.15, -0.1) is 0 Å². The molecule has 0 aliphatic rings. The maximum Gasteiger partial charge on any atom is 0.255 e. The van der Waals surface area contributed by atoms with Crippen LogP contribution >= 0.6 is 0 Å². The van der Waals surface area contributed by atoms with Crippen LogP contribution in [0.15, 0.2) is 54.6 Å². The van der Waals surface area contributed by atoms with Crippen molar-refractivity contribution in [3.63, 3.8) is 0 Å². The third-order valence-electron chi connectivity index (χ3n) is 3.78. The fraction of sp³-hybridized carbons (Fsp3) is 0.263. The van der Waals surface area contributed by atoms with Crippen molar-refractivity contribution in [1.29, 1.82) is 0 Å². The third kappa shape index (κ3) is 4.68. The summed E-state index contributed by atoms with van der Waals surface area (Å²) < 4.78 is 0. The van der Waals surface area contributed by atoms with Crippen molar-refractivity contribution in [2.45, 2.75) is 32.7 Å². The molecule has 2 rings (SSSR count). The highest BCUT2D eigenvalue weighted by Gasteiger charge is 2.18. The Morgan fingerprint density at radius 3 is 2.00 bits per heavy atom. The van der Waals surface area contributed by atoms with Gasteiger partial charge >= 0.3 is 0 Å². The first-order valence-corrected chi connectivity index (χ1v) is 7.70. The Morgan fingerprint density at radius 2 is 1.43 bits per heavy atom. The summed E-state index contributed by atoms with van der Waals surface area (Å²) in [5, 5.41) is 5.80. The van der Waals surface area contributed by atoms with Crippen LogP contribution in [0.1, 0.15) is 47.9 Å². The summed E-state index contributed by atoms with van der Waals surface area (Å²) in [5.41, 5.74) is 1.59. The van der Waals surface area contributed by atoms with E-state index < -0.39 is 0 Å². The molecule has 0 atom stereocenters. The fourth-order valence-electron chi connectivity index (χ4n) is 1.97. The molecule has 0 fully saturated rings. The molecule has 0 unspecified atom stereocenters. The summed E-state index contributed by atoms with van der Waals surface area (Å²) >= 11 is 0. The van der Waals surface area contributed by atoms with Crippen LogP contribution in [0.2, 0.25) is 0 Å². The minimum atomic E-state index is -0.239. The number of hydrogen-bond donors (Lipinski definition) is 2. The van der Waals surface area contributed by atoms with Crippen molar-refractivity contribution in [3.8, 4) is 0 Å². The molecular weight excluding hydrogens is 288 g/mol. The first-order chi connectivity index (χ1) is 10.9. The van der Waals surface area contributed by atoms with Gasteiger partial charge < -0.3 is 10.6 Å². The van der Waals surface area contributed by atoms with Crippen LogP contribution in [-0.4, -0.2) is 17.4 Å². The first-order valence-electron chi connectivity index (χ1n) is 7.70. The van der Waals surface area contributed by atoms with E-state index in [4.69, 9.17) is 0 Å². The lowest BCUT2D eigenvalue weighted by Crippen LogP contribution is -2.42. The lowest BCUT2D eigenvalue weighted by Gasteiger charge is -2.24. The van der Waals surface area contributed by atoms with E-state index in [1.807, 2.05) is 39.0 Å². The first kappa shape index (κ1) is 16.7. The van der Waals surface area contributed by atoms with Crippen LogP contribution in [0.3, 0.4) is 0 Å². The SMILES string of the molecule is CCC(C)(C)NC(=O)c1ccc(NC(=O)c2ccccc2)cc1. The molecule has 0 bridgehead atoms. The van der Waals surface area contributed by atoms with Gasteiger partial charge in [-0.3, -0.25) is 9.59 Å². The summed E-state index contributed by atoms with van der Waals surface area (Å²) in [6.45, 7) is 6.00. The average Bonchev–Trinajstić information content (AvgIpc) is 2.56. The van der Waals surface area contributed by atoms with Gasteiger partial charge in [0.2, 0.25) is 0 Å². The van der Waals surface area contributed by atoms with E-state index in [9.17, 15) is 9.59 Å². The molecule has 0 aliphatic heterocycles. The van der Waals surface area contributed by atoms with Gasteiger partial charge in [0.1, 0.15) is 0 Å². The number of carbonyl (C=O) groups excluding carboxylic acids is 2. The highest BCUT2D eigenvalue weighted by Crippen LogP contribution is 2.13. The van der Waals surface area contributed by atoms with Gasteiger partial charge in [-0.2, -0.15) is 0 Å². The number of carbonyl (C=O) groups is 2. The van der Waals surface area contributed by atoms with Crippen molar-refractivity contribution >= 4 is 17.5 Å². The number of benzene rings is 2. The number of hydrogen-bond acceptors (Lipinski definition) is 2. The molecule has 0 saturated heterocycles. The molecule has 2 N–H and O–H groups in total. The second-order valence-electron chi connectivity index (χ2n) is 6.09. The maximum absolute atomic E-state index is 12.2. The Balaban J connectivity index is 2.02. The molecule has 4 heteroatoms. The van der Waals surface area contributed by atoms with Crippen molar-refractivity contribution in [3.05, 3.63) is 65.7 Å². The van der Waals surface area contributed by atoms with E-state index in [1.165, 1.54) is 0 Å². The number of amides is 2. The molecule has 0 saturated carbocycles. The van der Waals surface area contributed by atoms with E-state index in [1.54, 1.807) is 36.4 Å². The second kappa shape index (κ2) is 7.09. The van der Waals surface area contributed by atoms with Gasteiger partial charge in [0.05, 0.1) is 0 Å². The lowest BCUT2D eigenvalue weighted by atomic mass is 10.0. The zero-order chi connectivity index (χ0) is 16.9.